The van der Waals surface area contributed by atoms with Gasteiger partial charge in [0.05, 0.1) is 10.5 Å². The Morgan fingerprint density at radius 2 is 2.00 bits per heavy atom. The molecule has 4 nitrogen and oxygen atoms in total. The minimum Gasteiger partial charge on any atom is -0.454 e. The number of anilines is 2. The van der Waals surface area contributed by atoms with E-state index in [0.29, 0.717) is 28.0 Å². The van der Waals surface area contributed by atoms with Gasteiger partial charge in [0, 0.05) is 17.1 Å². The van der Waals surface area contributed by atoms with Gasteiger partial charge in [0.2, 0.25) is 6.75 Å². The zero-order valence-corrected chi connectivity index (χ0v) is 11.5. The summed E-state index contributed by atoms with van der Waals surface area (Å²) in [6, 6.07) is 14.5. The standard InChI is InChI=1S/C16H11ClN2O2/c17-12-3-1-2-10-4-7-15(19-16(10)12)18-11-5-6-13-14(8-11)21-9-20-13/h1-8H,9H2,(H,18,19)/i9D2. The van der Waals surface area contributed by atoms with E-state index in [2.05, 4.69) is 10.3 Å². The molecule has 0 unspecified atom stereocenters. The van der Waals surface area contributed by atoms with Crippen molar-refractivity contribution in [3.63, 3.8) is 0 Å². The lowest BCUT2D eigenvalue weighted by Crippen LogP contribution is -1.94. The third-order valence-corrected chi connectivity index (χ3v) is 3.50. The molecule has 0 fully saturated rings. The van der Waals surface area contributed by atoms with E-state index >= 15 is 0 Å². The molecule has 0 aliphatic carbocycles. The Hall–Kier alpha value is -2.46. The average molecular weight is 301 g/mol. The summed E-state index contributed by atoms with van der Waals surface area (Å²) >= 11 is 6.17. The Morgan fingerprint density at radius 3 is 2.95 bits per heavy atom. The van der Waals surface area contributed by atoms with Crippen molar-refractivity contribution >= 4 is 34.0 Å². The predicted octanol–water partition coefficient (Wildman–Crippen LogP) is 4.36. The largest absolute Gasteiger partial charge is 0.454 e. The fraction of sp³-hybridized carbons (Fsp3) is 0.0625. The molecule has 0 saturated carbocycles. The Morgan fingerprint density at radius 1 is 1.10 bits per heavy atom. The summed E-state index contributed by atoms with van der Waals surface area (Å²) in [5.74, 6) is 1.35. The summed E-state index contributed by atoms with van der Waals surface area (Å²) < 4.78 is 25.0. The summed E-state index contributed by atoms with van der Waals surface area (Å²) in [5.41, 5.74) is 1.43. The van der Waals surface area contributed by atoms with E-state index in [0.717, 1.165) is 10.9 Å². The lowest BCUT2D eigenvalue weighted by atomic mass is 10.2. The second-order valence-electron chi connectivity index (χ2n) is 4.58. The molecule has 0 bridgehead atoms. The van der Waals surface area contributed by atoms with Crippen LogP contribution in [0.5, 0.6) is 11.5 Å². The van der Waals surface area contributed by atoms with Gasteiger partial charge >= 0.3 is 0 Å². The molecule has 0 atom stereocenters. The molecule has 5 heteroatoms. The van der Waals surface area contributed by atoms with Gasteiger partial charge in [-0.25, -0.2) is 4.98 Å². The molecule has 1 aromatic heterocycles. The highest BCUT2D eigenvalue weighted by molar-refractivity contribution is 6.35. The molecule has 0 amide bonds. The Bertz CT molecular complexity index is 918. The highest BCUT2D eigenvalue weighted by atomic mass is 35.5. The van der Waals surface area contributed by atoms with Crippen LogP contribution >= 0.6 is 11.6 Å². The quantitative estimate of drug-likeness (QED) is 0.763. The fourth-order valence-electron chi connectivity index (χ4n) is 2.19. The normalized spacial score (nSPS) is 16.4. The number of ether oxygens (including phenoxy) is 2. The first kappa shape index (κ1) is 10.3. The zero-order chi connectivity index (χ0) is 16.0. The first-order chi connectivity index (χ1) is 11.0. The van der Waals surface area contributed by atoms with Crippen molar-refractivity contribution in [3.05, 3.63) is 53.6 Å². The predicted molar refractivity (Wildman–Crippen MR) is 82.6 cm³/mol. The molecule has 3 aromatic rings. The summed E-state index contributed by atoms with van der Waals surface area (Å²) in [7, 11) is 0. The highest BCUT2D eigenvalue weighted by Gasteiger charge is 2.13. The lowest BCUT2D eigenvalue weighted by molar-refractivity contribution is 0.174. The molecule has 1 N–H and O–H groups in total. The number of fused-ring (bicyclic) bond motifs is 2. The third kappa shape index (κ3) is 2.23. The van der Waals surface area contributed by atoms with Gasteiger partial charge in [-0.05, 0) is 30.3 Å². The molecule has 1 aliphatic rings. The monoisotopic (exact) mass is 300 g/mol. The van der Waals surface area contributed by atoms with Crippen LogP contribution in [0, 0.1) is 0 Å². The molecule has 2 heterocycles. The smallest absolute Gasteiger partial charge is 0.231 e. The minimum atomic E-state index is -2.13. The van der Waals surface area contributed by atoms with Gasteiger partial charge in [0.1, 0.15) is 8.56 Å². The Balaban J connectivity index is 1.65. The zero-order valence-electron chi connectivity index (χ0n) is 12.8. The van der Waals surface area contributed by atoms with E-state index in [-0.39, 0.29) is 0 Å². The van der Waals surface area contributed by atoms with Crippen LogP contribution < -0.4 is 14.8 Å². The van der Waals surface area contributed by atoms with Gasteiger partial charge < -0.3 is 14.8 Å². The maximum Gasteiger partial charge on any atom is 0.231 e. The third-order valence-electron chi connectivity index (χ3n) is 3.19. The molecule has 0 spiro atoms. The average Bonchev–Trinajstić information content (AvgIpc) is 2.81. The number of aromatic nitrogens is 1. The molecule has 21 heavy (non-hydrogen) atoms. The number of nitrogens with one attached hydrogen (secondary N) is 1. The first-order valence-corrected chi connectivity index (χ1v) is 6.72. The maximum atomic E-state index is 7.45. The number of benzene rings is 2. The first-order valence-electron chi connectivity index (χ1n) is 7.35. The SMILES string of the molecule is [2H]C1([2H])Oc2ccc(Nc3ccc4cccc(Cl)c4n3)cc2O1. The van der Waals surface area contributed by atoms with Crippen LogP contribution in [0.2, 0.25) is 5.02 Å². The fourth-order valence-corrected chi connectivity index (χ4v) is 2.41. The van der Waals surface area contributed by atoms with Crippen molar-refractivity contribution in [2.75, 3.05) is 12.1 Å². The molecular formula is C16H11ClN2O2. The topological polar surface area (TPSA) is 43.4 Å². The molecule has 0 saturated heterocycles. The number of nitrogens with zero attached hydrogens (tertiary/aromatic N) is 1. The second-order valence-corrected chi connectivity index (χ2v) is 4.99. The molecule has 1 aliphatic heterocycles. The molecular weight excluding hydrogens is 288 g/mol. The van der Waals surface area contributed by atoms with E-state index in [4.69, 9.17) is 23.8 Å². The number of rotatable bonds is 2. The van der Waals surface area contributed by atoms with Crippen LogP contribution in [0.4, 0.5) is 11.5 Å². The van der Waals surface area contributed by atoms with Crippen LogP contribution in [-0.4, -0.2) is 11.7 Å². The number of halogens is 1. The van der Waals surface area contributed by atoms with E-state index in [9.17, 15) is 0 Å². The Labute approximate surface area is 129 Å². The van der Waals surface area contributed by atoms with E-state index in [1.165, 1.54) is 0 Å². The number of hydrogen-bond donors (Lipinski definition) is 1. The maximum absolute atomic E-state index is 7.45. The van der Waals surface area contributed by atoms with Crippen molar-refractivity contribution in [2.45, 2.75) is 0 Å². The summed E-state index contributed by atoms with van der Waals surface area (Å²) in [6.45, 7) is -2.13. The second kappa shape index (κ2) is 4.82. The van der Waals surface area contributed by atoms with Crippen LogP contribution in [-0.2, 0) is 0 Å². The van der Waals surface area contributed by atoms with Gasteiger partial charge in [-0.15, -0.1) is 0 Å². The van der Waals surface area contributed by atoms with Gasteiger partial charge in [0.25, 0.3) is 0 Å². The molecule has 2 aromatic carbocycles. The van der Waals surface area contributed by atoms with Crippen molar-refractivity contribution in [1.29, 1.82) is 0 Å². The molecule has 4 rings (SSSR count). The van der Waals surface area contributed by atoms with Crippen LogP contribution in [0.3, 0.4) is 0 Å². The molecule has 104 valence electrons. The van der Waals surface area contributed by atoms with Gasteiger partial charge in [-0.1, -0.05) is 23.7 Å². The number of pyridine rings is 1. The van der Waals surface area contributed by atoms with Crippen molar-refractivity contribution in [3.8, 4) is 11.5 Å². The van der Waals surface area contributed by atoms with E-state index in [1.807, 2.05) is 24.3 Å². The van der Waals surface area contributed by atoms with E-state index < -0.39 is 6.75 Å². The van der Waals surface area contributed by atoms with Crippen LogP contribution in [0.1, 0.15) is 2.74 Å². The summed E-state index contributed by atoms with van der Waals surface area (Å²) in [5, 5.41) is 4.70. The van der Waals surface area contributed by atoms with Gasteiger partial charge in [-0.3, -0.25) is 0 Å². The van der Waals surface area contributed by atoms with Crippen molar-refractivity contribution < 1.29 is 12.2 Å². The number of hydrogen-bond acceptors (Lipinski definition) is 4. The van der Waals surface area contributed by atoms with Gasteiger partial charge in [-0.2, -0.15) is 0 Å². The van der Waals surface area contributed by atoms with Crippen molar-refractivity contribution in [1.82, 2.24) is 4.98 Å². The summed E-state index contributed by atoms with van der Waals surface area (Å²) in [6.07, 6.45) is 0. The summed E-state index contributed by atoms with van der Waals surface area (Å²) in [4.78, 5) is 4.50. The lowest BCUT2D eigenvalue weighted by Gasteiger charge is -2.08. The van der Waals surface area contributed by atoms with Crippen LogP contribution in [0.15, 0.2) is 48.5 Å². The molecule has 0 radical (unpaired) electrons. The highest BCUT2D eigenvalue weighted by Crippen LogP contribution is 2.35. The van der Waals surface area contributed by atoms with Crippen molar-refractivity contribution in [2.24, 2.45) is 0 Å². The number of para-hydroxylation sites is 1. The minimum absolute atomic E-state index is 0.346. The van der Waals surface area contributed by atoms with Crippen LogP contribution in [0.25, 0.3) is 10.9 Å². The Kier molecular flexibility index (Phi) is 2.36. The van der Waals surface area contributed by atoms with Gasteiger partial charge in [0.15, 0.2) is 11.5 Å². The van der Waals surface area contributed by atoms with E-state index in [1.54, 1.807) is 24.3 Å².